The Hall–Kier alpha value is -2.48. The second-order valence-electron chi connectivity index (χ2n) is 7.76. The second-order valence-corrected chi connectivity index (χ2v) is 7.76. The Balaban J connectivity index is 1.51. The predicted octanol–water partition coefficient (Wildman–Crippen LogP) is 3.30. The van der Waals surface area contributed by atoms with Crippen LogP contribution in [0.4, 0.5) is 5.69 Å². The Labute approximate surface area is 164 Å². The van der Waals surface area contributed by atoms with E-state index in [4.69, 9.17) is 4.74 Å². The molecule has 1 aromatic carbocycles. The van der Waals surface area contributed by atoms with Gasteiger partial charge >= 0.3 is 0 Å². The molecule has 1 fully saturated rings. The van der Waals surface area contributed by atoms with Crippen LogP contribution in [0, 0.1) is 10.1 Å². The van der Waals surface area contributed by atoms with Gasteiger partial charge in [-0.15, -0.1) is 10.2 Å². The number of methoxy groups -OCH3 is 1. The third-order valence-corrected chi connectivity index (χ3v) is 5.88. The lowest BCUT2D eigenvalue weighted by molar-refractivity contribution is -0.385. The van der Waals surface area contributed by atoms with Gasteiger partial charge in [-0.05, 0) is 38.3 Å². The van der Waals surface area contributed by atoms with Crippen molar-refractivity contribution < 1.29 is 9.66 Å². The SMILES string of the molecule is COc1ccc([N+](=O)[O-])cc1CN1CCCC(c2nnc3n2CCCCC3)C1. The number of hydrogen-bond donors (Lipinski definition) is 0. The summed E-state index contributed by atoms with van der Waals surface area (Å²) in [5.74, 6) is 3.31. The normalized spacial score (nSPS) is 20.4. The molecule has 0 radical (unpaired) electrons. The molecule has 8 nitrogen and oxygen atoms in total. The van der Waals surface area contributed by atoms with Gasteiger partial charge in [0.1, 0.15) is 17.4 Å². The van der Waals surface area contributed by atoms with Crippen molar-refractivity contribution in [2.75, 3.05) is 20.2 Å². The minimum atomic E-state index is -0.354. The Bertz CT molecular complexity index is 850. The van der Waals surface area contributed by atoms with Crippen molar-refractivity contribution >= 4 is 5.69 Å². The van der Waals surface area contributed by atoms with Crippen molar-refractivity contribution in [3.63, 3.8) is 0 Å². The number of non-ortho nitro benzene ring substituents is 1. The van der Waals surface area contributed by atoms with E-state index in [2.05, 4.69) is 19.7 Å². The topological polar surface area (TPSA) is 86.3 Å². The molecule has 0 amide bonds. The van der Waals surface area contributed by atoms with Gasteiger partial charge < -0.3 is 9.30 Å². The molecule has 1 atom stereocenters. The number of aryl methyl sites for hydroxylation is 1. The van der Waals surface area contributed by atoms with E-state index in [1.807, 2.05) is 0 Å². The molecule has 0 N–H and O–H groups in total. The summed E-state index contributed by atoms with van der Waals surface area (Å²) in [6.07, 6.45) is 6.87. The van der Waals surface area contributed by atoms with E-state index in [1.54, 1.807) is 19.2 Å². The summed E-state index contributed by atoms with van der Waals surface area (Å²) in [5.41, 5.74) is 0.963. The van der Waals surface area contributed by atoms with E-state index in [9.17, 15) is 10.1 Å². The smallest absolute Gasteiger partial charge is 0.270 e. The largest absolute Gasteiger partial charge is 0.496 e. The molecule has 150 valence electrons. The van der Waals surface area contributed by atoms with Crippen LogP contribution in [0.25, 0.3) is 0 Å². The number of benzene rings is 1. The maximum absolute atomic E-state index is 11.2. The summed E-state index contributed by atoms with van der Waals surface area (Å²) in [7, 11) is 1.61. The van der Waals surface area contributed by atoms with Gasteiger partial charge in [0.15, 0.2) is 0 Å². The number of fused-ring (bicyclic) bond motifs is 1. The molecule has 0 bridgehead atoms. The van der Waals surface area contributed by atoms with Crippen molar-refractivity contribution in [3.05, 3.63) is 45.5 Å². The molecule has 2 aliphatic rings. The van der Waals surface area contributed by atoms with Gasteiger partial charge in [-0.25, -0.2) is 0 Å². The molecule has 3 heterocycles. The number of likely N-dealkylation sites (tertiary alicyclic amines) is 1. The second kappa shape index (κ2) is 8.26. The first-order valence-electron chi connectivity index (χ1n) is 10.1. The van der Waals surface area contributed by atoms with Crippen molar-refractivity contribution in [2.45, 2.75) is 57.5 Å². The van der Waals surface area contributed by atoms with Gasteiger partial charge in [0, 0.05) is 49.7 Å². The van der Waals surface area contributed by atoms with Crippen molar-refractivity contribution in [1.29, 1.82) is 0 Å². The quantitative estimate of drug-likeness (QED) is 0.580. The van der Waals surface area contributed by atoms with E-state index < -0.39 is 0 Å². The number of rotatable bonds is 5. The first kappa shape index (κ1) is 18.9. The van der Waals surface area contributed by atoms with E-state index in [-0.39, 0.29) is 10.6 Å². The average Bonchev–Trinajstić information content (AvgIpc) is 2.96. The molecule has 1 saturated heterocycles. The predicted molar refractivity (Wildman–Crippen MR) is 104 cm³/mol. The zero-order chi connectivity index (χ0) is 19.5. The highest BCUT2D eigenvalue weighted by Gasteiger charge is 2.28. The van der Waals surface area contributed by atoms with Crippen LogP contribution in [-0.4, -0.2) is 44.8 Å². The molecule has 0 aliphatic carbocycles. The van der Waals surface area contributed by atoms with Crippen LogP contribution in [0.1, 0.15) is 55.2 Å². The lowest BCUT2D eigenvalue weighted by Crippen LogP contribution is -2.35. The fourth-order valence-corrected chi connectivity index (χ4v) is 4.46. The summed E-state index contributed by atoms with van der Waals surface area (Å²) in [6.45, 7) is 3.53. The fourth-order valence-electron chi connectivity index (χ4n) is 4.46. The fraction of sp³-hybridized carbons (Fsp3) is 0.600. The number of nitro groups is 1. The first-order valence-corrected chi connectivity index (χ1v) is 10.1. The number of nitrogens with zero attached hydrogens (tertiary/aromatic N) is 5. The number of aromatic nitrogens is 3. The van der Waals surface area contributed by atoms with Gasteiger partial charge in [0.25, 0.3) is 5.69 Å². The van der Waals surface area contributed by atoms with E-state index in [1.165, 1.54) is 25.3 Å². The van der Waals surface area contributed by atoms with Crippen molar-refractivity contribution in [1.82, 2.24) is 19.7 Å². The zero-order valence-corrected chi connectivity index (χ0v) is 16.3. The van der Waals surface area contributed by atoms with E-state index >= 15 is 0 Å². The van der Waals surface area contributed by atoms with Crippen molar-refractivity contribution in [3.8, 4) is 5.75 Å². The molecule has 1 aromatic heterocycles. The van der Waals surface area contributed by atoms with Crippen LogP contribution in [0.15, 0.2) is 18.2 Å². The minimum absolute atomic E-state index is 0.104. The van der Waals surface area contributed by atoms with E-state index in [0.29, 0.717) is 18.2 Å². The maximum Gasteiger partial charge on any atom is 0.270 e. The van der Waals surface area contributed by atoms with Gasteiger partial charge in [0.2, 0.25) is 0 Å². The Kier molecular flexibility index (Phi) is 5.57. The highest BCUT2D eigenvalue weighted by Crippen LogP contribution is 2.31. The molecule has 2 aromatic rings. The lowest BCUT2D eigenvalue weighted by atomic mass is 9.96. The summed E-state index contributed by atoms with van der Waals surface area (Å²) in [6, 6.07) is 4.81. The van der Waals surface area contributed by atoms with Gasteiger partial charge in [-0.2, -0.15) is 0 Å². The van der Waals surface area contributed by atoms with Crippen LogP contribution in [0.5, 0.6) is 5.75 Å². The lowest BCUT2D eigenvalue weighted by Gasteiger charge is -2.32. The van der Waals surface area contributed by atoms with Crippen LogP contribution in [-0.2, 0) is 19.5 Å². The Morgan fingerprint density at radius 3 is 2.93 bits per heavy atom. The summed E-state index contributed by atoms with van der Waals surface area (Å²) < 4.78 is 7.78. The zero-order valence-electron chi connectivity index (χ0n) is 16.3. The van der Waals surface area contributed by atoms with Crippen molar-refractivity contribution in [2.24, 2.45) is 0 Å². The highest BCUT2D eigenvalue weighted by molar-refractivity contribution is 5.43. The molecule has 8 heteroatoms. The average molecular weight is 385 g/mol. The molecule has 4 rings (SSSR count). The third kappa shape index (κ3) is 3.87. The molecule has 28 heavy (non-hydrogen) atoms. The van der Waals surface area contributed by atoms with Crippen LogP contribution in [0.2, 0.25) is 0 Å². The molecule has 0 saturated carbocycles. The standard InChI is InChI=1S/C20H27N5O3/c1-28-18-9-8-17(25(26)27)12-16(18)14-23-10-5-6-15(13-23)20-22-21-19-7-3-2-4-11-24(19)20/h8-9,12,15H,2-7,10-11,13-14H2,1H3. The van der Waals surface area contributed by atoms with Crippen LogP contribution >= 0.6 is 0 Å². The number of nitro benzene ring substituents is 1. The molecular formula is C20H27N5O3. The summed E-state index contributed by atoms with van der Waals surface area (Å²) in [5, 5.41) is 20.2. The maximum atomic E-state index is 11.2. The Morgan fingerprint density at radius 1 is 1.21 bits per heavy atom. The minimum Gasteiger partial charge on any atom is -0.496 e. The molecule has 0 spiro atoms. The van der Waals surface area contributed by atoms with Crippen LogP contribution < -0.4 is 4.74 Å². The number of piperidine rings is 1. The monoisotopic (exact) mass is 385 g/mol. The Morgan fingerprint density at radius 2 is 2.11 bits per heavy atom. The summed E-state index contributed by atoms with van der Waals surface area (Å²) in [4.78, 5) is 13.2. The number of ether oxygens (including phenoxy) is 1. The third-order valence-electron chi connectivity index (χ3n) is 5.88. The summed E-state index contributed by atoms with van der Waals surface area (Å²) >= 11 is 0. The highest BCUT2D eigenvalue weighted by atomic mass is 16.6. The molecule has 1 unspecified atom stereocenters. The molecule has 2 aliphatic heterocycles. The molecular weight excluding hydrogens is 358 g/mol. The van der Waals surface area contributed by atoms with Gasteiger partial charge in [0.05, 0.1) is 12.0 Å². The van der Waals surface area contributed by atoms with Gasteiger partial charge in [-0.1, -0.05) is 6.42 Å². The first-order chi connectivity index (χ1) is 13.7. The van der Waals surface area contributed by atoms with Crippen LogP contribution in [0.3, 0.4) is 0 Å². The van der Waals surface area contributed by atoms with Gasteiger partial charge in [-0.3, -0.25) is 15.0 Å². The number of hydrogen-bond acceptors (Lipinski definition) is 6. The van der Waals surface area contributed by atoms with E-state index in [0.717, 1.165) is 56.1 Å².